The van der Waals surface area contributed by atoms with Crippen LogP contribution in [0.3, 0.4) is 0 Å². The minimum atomic E-state index is -0.241. The molecule has 3 rings (SSSR count). The molecule has 2 heterocycles. The van der Waals surface area contributed by atoms with E-state index in [4.69, 9.17) is 11.6 Å². The molecule has 0 radical (unpaired) electrons. The Kier molecular flexibility index (Phi) is 3.24. The molecule has 6 nitrogen and oxygen atoms in total. The topological polar surface area (TPSA) is 103 Å². The minimum absolute atomic E-state index is 0.241. The summed E-state index contributed by atoms with van der Waals surface area (Å²) in [6, 6.07) is 9.29. The molecule has 100 valence electrons. The van der Waals surface area contributed by atoms with Crippen LogP contribution in [0.15, 0.2) is 48.9 Å². The standard InChI is InChI=1S/C14H14N6/c15-14-10(2-1-5-19-14)13(20-16)9-3-4-11-12(8-9)18-7-6-17-11/h1-8,13,20H,16H2,(H2,15,19). The van der Waals surface area contributed by atoms with Crippen molar-refractivity contribution in [2.45, 2.75) is 6.04 Å². The highest BCUT2D eigenvalue weighted by atomic mass is 15.2. The maximum atomic E-state index is 5.91. The monoisotopic (exact) mass is 266 g/mol. The van der Waals surface area contributed by atoms with Gasteiger partial charge < -0.3 is 5.73 Å². The van der Waals surface area contributed by atoms with Crippen LogP contribution in [0.1, 0.15) is 17.2 Å². The van der Waals surface area contributed by atoms with Gasteiger partial charge in [-0.3, -0.25) is 15.8 Å². The number of hydrazine groups is 1. The number of hydrogen-bond acceptors (Lipinski definition) is 6. The van der Waals surface area contributed by atoms with Crippen LogP contribution in [-0.2, 0) is 0 Å². The van der Waals surface area contributed by atoms with Crippen LogP contribution in [0.4, 0.5) is 5.82 Å². The number of nitrogens with two attached hydrogens (primary N) is 2. The predicted octanol–water partition coefficient (Wildman–Crippen LogP) is 1.16. The Hall–Kier alpha value is -2.57. The van der Waals surface area contributed by atoms with Gasteiger partial charge in [0.15, 0.2) is 0 Å². The molecule has 1 atom stereocenters. The molecule has 3 aromatic rings. The first kappa shape index (κ1) is 12.5. The molecule has 0 saturated carbocycles. The zero-order valence-corrected chi connectivity index (χ0v) is 10.7. The fourth-order valence-corrected chi connectivity index (χ4v) is 2.20. The first-order valence-corrected chi connectivity index (χ1v) is 6.17. The largest absolute Gasteiger partial charge is 0.383 e. The first-order chi connectivity index (χ1) is 9.79. The average Bonchev–Trinajstić information content (AvgIpc) is 2.50. The van der Waals surface area contributed by atoms with E-state index in [0.717, 1.165) is 22.2 Å². The lowest BCUT2D eigenvalue weighted by molar-refractivity contribution is 0.637. The van der Waals surface area contributed by atoms with E-state index in [1.54, 1.807) is 18.6 Å². The summed E-state index contributed by atoms with van der Waals surface area (Å²) in [7, 11) is 0. The smallest absolute Gasteiger partial charge is 0.128 e. The molecular formula is C14H14N6. The normalized spacial score (nSPS) is 12.4. The summed E-state index contributed by atoms with van der Waals surface area (Å²) in [5.41, 5.74) is 12.1. The highest BCUT2D eigenvalue weighted by molar-refractivity contribution is 5.74. The molecule has 0 aliphatic carbocycles. The van der Waals surface area contributed by atoms with Gasteiger partial charge in [0.2, 0.25) is 0 Å². The number of nitrogen functional groups attached to an aromatic ring is 1. The molecule has 20 heavy (non-hydrogen) atoms. The van der Waals surface area contributed by atoms with Crippen LogP contribution in [0, 0.1) is 0 Å². The van der Waals surface area contributed by atoms with Gasteiger partial charge in [-0.05, 0) is 23.8 Å². The third kappa shape index (κ3) is 2.18. The zero-order valence-electron chi connectivity index (χ0n) is 10.7. The molecule has 0 fully saturated rings. The van der Waals surface area contributed by atoms with Crippen molar-refractivity contribution in [3.63, 3.8) is 0 Å². The Bertz CT molecular complexity index is 742. The number of anilines is 1. The summed E-state index contributed by atoms with van der Waals surface area (Å²) >= 11 is 0. The van der Waals surface area contributed by atoms with E-state index < -0.39 is 0 Å². The van der Waals surface area contributed by atoms with Crippen LogP contribution < -0.4 is 17.0 Å². The zero-order chi connectivity index (χ0) is 13.9. The summed E-state index contributed by atoms with van der Waals surface area (Å²) in [4.78, 5) is 12.6. The molecule has 6 heteroatoms. The molecule has 0 bridgehead atoms. The van der Waals surface area contributed by atoms with Crippen molar-refractivity contribution in [2.75, 3.05) is 5.73 Å². The molecule has 1 unspecified atom stereocenters. The van der Waals surface area contributed by atoms with Gasteiger partial charge in [0, 0.05) is 24.2 Å². The average molecular weight is 266 g/mol. The van der Waals surface area contributed by atoms with Gasteiger partial charge in [-0.1, -0.05) is 12.1 Å². The highest BCUT2D eigenvalue weighted by Gasteiger charge is 2.16. The van der Waals surface area contributed by atoms with E-state index >= 15 is 0 Å². The van der Waals surface area contributed by atoms with Gasteiger partial charge in [-0.15, -0.1) is 0 Å². The summed E-state index contributed by atoms with van der Waals surface area (Å²) in [6.45, 7) is 0. The Balaban J connectivity index is 2.10. The molecule has 1 aromatic carbocycles. The third-order valence-electron chi connectivity index (χ3n) is 3.18. The Morgan fingerprint density at radius 3 is 2.50 bits per heavy atom. The van der Waals surface area contributed by atoms with Gasteiger partial charge >= 0.3 is 0 Å². The van der Waals surface area contributed by atoms with E-state index in [0.29, 0.717) is 5.82 Å². The van der Waals surface area contributed by atoms with Crippen molar-refractivity contribution in [3.8, 4) is 0 Å². The second kappa shape index (κ2) is 5.20. The number of fused-ring (bicyclic) bond motifs is 1. The molecule has 0 aliphatic rings. The Morgan fingerprint density at radius 1 is 0.950 bits per heavy atom. The highest BCUT2D eigenvalue weighted by Crippen LogP contribution is 2.26. The molecule has 0 spiro atoms. The molecule has 0 aliphatic heterocycles. The number of nitrogens with zero attached hydrogens (tertiary/aromatic N) is 3. The van der Waals surface area contributed by atoms with Gasteiger partial charge in [0.05, 0.1) is 17.1 Å². The first-order valence-electron chi connectivity index (χ1n) is 6.17. The number of benzene rings is 1. The summed E-state index contributed by atoms with van der Waals surface area (Å²) < 4.78 is 0. The van der Waals surface area contributed by atoms with Crippen LogP contribution in [0.5, 0.6) is 0 Å². The summed E-state index contributed by atoms with van der Waals surface area (Å²) in [5, 5.41) is 0. The Morgan fingerprint density at radius 2 is 1.75 bits per heavy atom. The lowest BCUT2D eigenvalue weighted by atomic mass is 9.99. The number of nitrogens with one attached hydrogen (secondary N) is 1. The SMILES string of the molecule is NNC(c1ccc2nccnc2c1)c1cccnc1N. The quantitative estimate of drug-likeness (QED) is 0.485. The number of pyridine rings is 1. The second-order valence-electron chi connectivity index (χ2n) is 4.38. The van der Waals surface area contributed by atoms with Crippen molar-refractivity contribution >= 4 is 16.9 Å². The lowest BCUT2D eigenvalue weighted by Gasteiger charge is -2.18. The predicted molar refractivity (Wildman–Crippen MR) is 77.4 cm³/mol. The number of rotatable bonds is 3. The van der Waals surface area contributed by atoms with Gasteiger partial charge in [0.25, 0.3) is 0 Å². The second-order valence-corrected chi connectivity index (χ2v) is 4.38. The van der Waals surface area contributed by atoms with E-state index in [9.17, 15) is 0 Å². The van der Waals surface area contributed by atoms with Gasteiger partial charge in [-0.2, -0.15) is 0 Å². The fraction of sp³-hybridized carbons (Fsp3) is 0.0714. The summed E-state index contributed by atoms with van der Waals surface area (Å²) in [5.74, 6) is 6.13. The maximum Gasteiger partial charge on any atom is 0.128 e. The summed E-state index contributed by atoms with van der Waals surface area (Å²) in [6.07, 6.45) is 4.98. The van der Waals surface area contributed by atoms with Crippen LogP contribution >= 0.6 is 0 Å². The maximum absolute atomic E-state index is 5.91. The van der Waals surface area contributed by atoms with Crippen molar-refractivity contribution < 1.29 is 0 Å². The van der Waals surface area contributed by atoms with Crippen LogP contribution in [0.2, 0.25) is 0 Å². The minimum Gasteiger partial charge on any atom is -0.383 e. The van der Waals surface area contributed by atoms with Crippen molar-refractivity contribution in [1.29, 1.82) is 0 Å². The Labute approximate surface area is 115 Å². The van der Waals surface area contributed by atoms with Gasteiger partial charge in [0.1, 0.15) is 5.82 Å². The van der Waals surface area contributed by atoms with E-state index in [1.807, 2.05) is 30.3 Å². The molecule has 0 amide bonds. The van der Waals surface area contributed by atoms with Crippen LogP contribution in [-0.4, -0.2) is 15.0 Å². The molecular weight excluding hydrogens is 252 g/mol. The van der Waals surface area contributed by atoms with E-state index in [-0.39, 0.29) is 6.04 Å². The van der Waals surface area contributed by atoms with E-state index in [1.165, 1.54) is 0 Å². The third-order valence-corrected chi connectivity index (χ3v) is 3.18. The molecule has 2 aromatic heterocycles. The van der Waals surface area contributed by atoms with Crippen molar-refractivity contribution in [1.82, 2.24) is 20.4 Å². The van der Waals surface area contributed by atoms with Crippen LogP contribution in [0.25, 0.3) is 11.0 Å². The van der Waals surface area contributed by atoms with E-state index in [2.05, 4.69) is 20.4 Å². The van der Waals surface area contributed by atoms with Crippen molar-refractivity contribution in [2.24, 2.45) is 5.84 Å². The fourth-order valence-electron chi connectivity index (χ4n) is 2.20. The number of aromatic nitrogens is 3. The molecule has 0 saturated heterocycles. The molecule has 5 N–H and O–H groups in total. The number of hydrogen-bond donors (Lipinski definition) is 3. The lowest BCUT2D eigenvalue weighted by Crippen LogP contribution is -2.29. The van der Waals surface area contributed by atoms with Crippen molar-refractivity contribution in [3.05, 3.63) is 60.0 Å². The van der Waals surface area contributed by atoms with Gasteiger partial charge in [-0.25, -0.2) is 10.4 Å².